The van der Waals surface area contributed by atoms with Crippen molar-refractivity contribution in [3.63, 3.8) is 0 Å². The minimum Gasteiger partial charge on any atom is -0.335 e. The van der Waals surface area contributed by atoms with E-state index in [1.807, 2.05) is 0 Å². The fourth-order valence-electron chi connectivity index (χ4n) is 6.27. The Labute approximate surface area is 203 Å². The third-order valence-corrected chi connectivity index (χ3v) is 8.25. The number of nitrogens with zero attached hydrogens (tertiary/aromatic N) is 2. The molecule has 1 aromatic heterocycles. The number of benzene rings is 3. The molecule has 1 aliphatic heterocycles. The molecule has 0 saturated heterocycles. The van der Waals surface area contributed by atoms with Gasteiger partial charge < -0.3 is 9.47 Å². The van der Waals surface area contributed by atoms with E-state index >= 15 is 0 Å². The van der Waals surface area contributed by atoms with Crippen LogP contribution in [0.5, 0.6) is 0 Å². The van der Waals surface area contributed by atoms with Crippen LogP contribution in [0.15, 0.2) is 91.0 Å². The van der Waals surface area contributed by atoms with E-state index in [1.54, 1.807) is 0 Å². The second-order valence-electron chi connectivity index (χ2n) is 10.2. The SMILES string of the molecule is CCCCC(C)(CC)n1c2ccccc2c2cc3c(cc21)C1C=CC=CC1N3c1ccccc1. The van der Waals surface area contributed by atoms with Crippen LogP contribution >= 0.6 is 0 Å². The summed E-state index contributed by atoms with van der Waals surface area (Å²) in [6, 6.07) is 25.2. The van der Waals surface area contributed by atoms with E-state index in [4.69, 9.17) is 0 Å². The topological polar surface area (TPSA) is 8.17 Å². The Morgan fingerprint density at radius 1 is 0.824 bits per heavy atom. The number of anilines is 2. The Bertz CT molecular complexity index is 1410. The highest BCUT2D eigenvalue weighted by Crippen LogP contribution is 2.50. The summed E-state index contributed by atoms with van der Waals surface area (Å²) >= 11 is 0. The lowest BCUT2D eigenvalue weighted by Crippen LogP contribution is -2.29. The van der Waals surface area contributed by atoms with Crippen LogP contribution in [0.4, 0.5) is 11.4 Å². The molecule has 0 fully saturated rings. The summed E-state index contributed by atoms with van der Waals surface area (Å²) in [5.74, 6) is 0.375. The van der Waals surface area contributed by atoms with Gasteiger partial charge in [0.2, 0.25) is 0 Å². The molecule has 0 spiro atoms. The highest BCUT2D eigenvalue weighted by molar-refractivity contribution is 6.10. The Balaban J connectivity index is 1.65. The monoisotopic (exact) mass is 446 g/mol. The Morgan fingerprint density at radius 2 is 1.59 bits per heavy atom. The Morgan fingerprint density at radius 3 is 2.38 bits per heavy atom. The van der Waals surface area contributed by atoms with Crippen molar-refractivity contribution in [3.05, 3.63) is 96.6 Å². The van der Waals surface area contributed by atoms with E-state index in [0.717, 1.165) is 6.42 Å². The number of rotatable bonds is 6. The number of hydrogen-bond acceptors (Lipinski definition) is 1. The minimum atomic E-state index is 0.102. The highest BCUT2D eigenvalue weighted by atomic mass is 15.2. The first kappa shape index (κ1) is 21.3. The molecule has 2 nitrogen and oxygen atoms in total. The second kappa shape index (κ2) is 8.20. The van der Waals surface area contributed by atoms with Crippen LogP contribution in [0, 0.1) is 0 Å². The van der Waals surface area contributed by atoms with Gasteiger partial charge in [-0.2, -0.15) is 0 Å². The average molecular weight is 447 g/mol. The van der Waals surface area contributed by atoms with Gasteiger partial charge in [0.25, 0.3) is 0 Å². The lowest BCUT2D eigenvalue weighted by molar-refractivity contribution is 0.291. The van der Waals surface area contributed by atoms with Gasteiger partial charge in [0, 0.05) is 39.1 Å². The number of allylic oxidation sites excluding steroid dienone is 2. The first-order chi connectivity index (χ1) is 16.7. The van der Waals surface area contributed by atoms with E-state index in [-0.39, 0.29) is 5.54 Å². The van der Waals surface area contributed by atoms with Crippen molar-refractivity contribution in [1.29, 1.82) is 0 Å². The molecule has 34 heavy (non-hydrogen) atoms. The third kappa shape index (κ3) is 3.08. The average Bonchev–Trinajstić information content (AvgIpc) is 3.39. The van der Waals surface area contributed by atoms with Crippen LogP contribution in [0.2, 0.25) is 0 Å². The smallest absolute Gasteiger partial charge is 0.0629 e. The summed E-state index contributed by atoms with van der Waals surface area (Å²) in [5, 5.41) is 2.74. The van der Waals surface area contributed by atoms with Crippen LogP contribution in [0.3, 0.4) is 0 Å². The lowest BCUT2D eigenvalue weighted by Gasteiger charge is -2.33. The first-order valence-electron chi connectivity index (χ1n) is 12.9. The van der Waals surface area contributed by atoms with E-state index in [2.05, 4.69) is 121 Å². The van der Waals surface area contributed by atoms with Crippen LogP contribution < -0.4 is 4.90 Å². The molecule has 2 aliphatic rings. The maximum absolute atomic E-state index is 2.68. The van der Waals surface area contributed by atoms with Gasteiger partial charge in [-0.1, -0.05) is 87.4 Å². The fraction of sp³-hybridized carbons (Fsp3) is 0.312. The summed E-state index contributed by atoms with van der Waals surface area (Å²) in [5.41, 5.74) is 6.91. The number of unbranched alkanes of at least 4 members (excludes halogenated alkanes) is 1. The molecule has 2 heteroatoms. The summed E-state index contributed by atoms with van der Waals surface area (Å²) < 4.78 is 2.68. The normalized spacial score (nSPS) is 20.6. The molecule has 0 bridgehead atoms. The van der Waals surface area contributed by atoms with Crippen LogP contribution in [-0.2, 0) is 5.54 Å². The van der Waals surface area contributed by atoms with E-state index < -0.39 is 0 Å². The second-order valence-corrected chi connectivity index (χ2v) is 10.2. The van der Waals surface area contributed by atoms with Crippen LogP contribution in [-0.4, -0.2) is 10.6 Å². The molecule has 1 aliphatic carbocycles. The van der Waals surface area contributed by atoms with E-state index in [9.17, 15) is 0 Å². The predicted molar refractivity (Wildman–Crippen MR) is 146 cm³/mol. The van der Waals surface area contributed by atoms with Crippen molar-refractivity contribution in [1.82, 2.24) is 4.57 Å². The molecule has 3 aromatic carbocycles. The Kier molecular flexibility index (Phi) is 5.13. The number of fused-ring (bicyclic) bond motifs is 6. The van der Waals surface area contributed by atoms with Gasteiger partial charge in [0.1, 0.15) is 0 Å². The summed E-state index contributed by atoms with van der Waals surface area (Å²) in [6.07, 6.45) is 14.0. The number of hydrogen-bond donors (Lipinski definition) is 0. The van der Waals surface area contributed by atoms with Gasteiger partial charge in [0.15, 0.2) is 0 Å². The van der Waals surface area contributed by atoms with Crippen molar-refractivity contribution >= 4 is 33.2 Å². The molecule has 0 saturated carbocycles. The van der Waals surface area contributed by atoms with Gasteiger partial charge in [-0.15, -0.1) is 0 Å². The minimum absolute atomic E-state index is 0.102. The fourth-order valence-corrected chi connectivity index (χ4v) is 6.27. The van der Waals surface area contributed by atoms with Crippen molar-refractivity contribution in [2.75, 3.05) is 4.90 Å². The van der Waals surface area contributed by atoms with Crippen molar-refractivity contribution in [3.8, 4) is 0 Å². The molecule has 3 unspecified atom stereocenters. The zero-order valence-corrected chi connectivity index (χ0v) is 20.5. The van der Waals surface area contributed by atoms with Crippen LogP contribution in [0.1, 0.15) is 57.9 Å². The van der Waals surface area contributed by atoms with Gasteiger partial charge in [-0.25, -0.2) is 0 Å². The lowest BCUT2D eigenvalue weighted by atomic mass is 9.89. The van der Waals surface area contributed by atoms with E-state index in [0.29, 0.717) is 12.0 Å². The third-order valence-electron chi connectivity index (χ3n) is 8.25. The maximum Gasteiger partial charge on any atom is 0.0629 e. The largest absolute Gasteiger partial charge is 0.335 e. The molecule has 3 atom stereocenters. The van der Waals surface area contributed by atoms with Crippen molar-refractivity contribution in [2.45, 2.75) is 64.0 Å². The van der Waals surface area contributed by atoms with Crippen molar-refractivity contribution < 1.29 is 0 Å². The molecule has 0 N–H and O–H groups in total. The quantitative estimate of drug-likeness (QED) is 0.287. The number of para-hydroxylation sites is 2. The van der Waals surface area contributed by atoms with E-state index in [1.165, 1.54) is 58.0 Å². The highest BCUT2D eigenvalue weighted by Gasteiger charge is 2.39. The van der Waals surface area contributed by atoms with Gasteiger partial charge >= 0.3 is 0 Å². The first-order valence-corrected chi connectivity index (χ1v) is 12.9. The molecule has 6 rings (SSSR count). The molecule has 0 amide bonds. The van der Waals surface area contributed by atoms with Gasteiger partial charge in [-0.3, -0.25) is 0 Å². The number of aromatic nitrogens is 1. The summed E-state index contributed by atoms with van der Waals surface area (Å²) in [4.78, 5) is 2.54. The molecule has 172 valence electrons. The Hall–Kier alpha value is -3.26. The summed E-state index contributed by atoms with van der Waals surface area (Å²) in [7, 11) is 0. The summed E-state index contributed by atoms with van der Waals surface area (Å²) in [6.45, 7) is 7.12. The van der Waals surface area contributed by atoms with Crippen molar-refractivity contribution in [2.24, 2.45) is 0 Å². The zero-order valence-electron chi connectivity index (χ0n) is 20.5. The predicted octanol–water partition coefficient (Wildman–Crippen LogP) is 8.84. The standard InChI is InChI=1S/C32H34N2/c1-4-6-20-32(3,5-2)34-29-19-13-11-17-25(29)27-21-30-26(22-31(27)34)24-16-10-12-18-28(24)33(30)23-14-8-7-9-15-23/h7-19,21-22,24,28H,4-6,20H2,1-3H3. The van der Waals surface area contributed by atoms with Gasteiger partial charge in [-0.05, 0) is 55.7 Å². The molecule has 4 aromatic rings. The zero-order chi connectivity index (χ0) is 23.3. The molecule has 2 heterocycles. The van der Waals surface area contributed by atoms with Crippen LogP contribution in [0.25, 0.3) is 21.8 Å². The molecular weight excluding hydrogens is 412 g/mol. The van der Waals surface area contributed by atoms with Gasteiger partial charge in [0.05, 0.1) is 11.6 Å². The maximum atomic E-state index is 2.68. The molecular formula is C32H34N2. The molecule has 0 radical (unpaired) electrons.